The Labute approximate surface area is 161 Å². The summed E-state index contributed by atoms with van der Waals surface area (Å²) in [7, 11) is 0. The summed E-state index contributed by atoms with van der Waals surface area (Å²) in [5.41, 5.74) is 0.905. The van der Waals surface area contributed by atoms with Crippen molar-refractivity contribution in [2.75, 3.05) is 5.32 Å². The molecule has 138 valence electrons. The Bertz CT molecular complexity index is 1090. The molecule has 1 N–H and O–H groups in total. The maximum absolute atomic E-state index is 12.7. The Morgan fingerprint density at radius 3 is 2.39 bits per heavy atom. The molecule has 0 spiro atoms. The van der Waals surface area contributed by atoms with Gasteiger partial charge in [-0.05, 0) is 31.2 Å². The minimum atomic E-state index is -0.304. The predicted molar refractivity (Wildman–Crippen MR) is 105 cm³/mol. The van der Waals surface area contributed by atoms with Crippen LogP contribution >= 0.6 is 0 Å². The third kappa shape index (κ3) is 3.73. The first-order valence-corrected chi connectivity index (χ1v) is 8.66. The van der Waals surface area contributed by atoms with E-state index in [9.17, 15) is 4.79 Å². The molecular weight excluding hydrogens is 354 g/mol. The van der Waals surface area contributed by atoms with Crippen LogP contribution in [0.5, 0.6) is 11.5 Å². The highest BCUT2D eigenvalue weighted by molar-refractivity contribution is 6.06. The van der Waals surface area contributed by atoms with Crippen LogP contribution in [-0.4, -0.2) is 25.4 Å². The Kier molecular flexibility index (Phi) is 4.79. The van der Waals surface area contributed by atoms with Crippen LogP contribution in [0.15, 0.2) is 79.4 Å². The zero-order valence-corrected chi connectivity index (χ0v) is 15.1. The van der Waals surface area contributed by atoms with Crippen LogP contribution in [0.1, 0.15) is 16.2 Å². The fourth-order valence-electron chi connectivity index (χ4n) is 2.66. The fourth-order valence-corrected chi connectivity index (χ4v) is 2.66. The van der Waals surface area contributed by atoms with Gasteiger partial charge >= 0.3 is 0 Å². The summed E-state index contributed by atoms with van der Waals surface area (Å²) in [6, 6.07) is 16.4. The number of nitrogens with one attached hydrogen (secondary N) is 1. The Morgan fingerprint density at radius 2 is 1.68 bits per heavy atom. The first-order valence-electron chi connectivity index (χ1n) is 8.66. The van der Waals surface area contributed by atoms with Gasteiger partial charge in [-0.3, -0.25) is 9.36 Å². The number of para-hydroxylation sites is 2. The van der Waals surface area contributed by atoms with Crippen molar-refractivity contribution in [3.05, 3.63) is 90.8 Å². The number of carbonyl (C=O) groups excluding carboxylic acids is 1. The van der Waals surface area contributed by atoms with Crippen molar-refractivity contribution >= 4 is 11.6 Å². The smallest absolute Gasteiger partial charge is 0.259 e. The molecule has 7 nitrogen and oxygen atoms in total. The van der Waals surface area contributed by atoms with Crippen molar-refractivity contribution in [2.45, 2.75) is 6.92 Å². The van der Waals surface area contributed by atoms with Gasteiger partial charge in [0.1, 0.15) is 17.3 Å². The van der Waals surface area contributed by atoms with Crippen molar-refractivity contribution in [3.8, 4) is 17.4 Å². The Balaban J connectivity index is 1.52. The van der Waals surface area contributed by atoms with Crippen LogP contribution < -0.4 is 10.1 Å². The number of imidazole rings is 1. The first-order chi connectivity index (χ1) is 13.7. The van der Waals surface area contributed by atoms with Crippen molar-refractivity contribution in [2.24, 2.45) is 0 Å². The van der Waals surface area contributed by atoms with Gasteiger partial charge in [0.25, 0.3) is 5.91 Å². The number of hydrogen-bond acceptors (Lipinski definition) is 5. The lowest BCUT2D eigenvalue weighted by Crippen LogP contribution is -2.14. The summed E-state index contributed by atoms with van der Waals surface area (Å²) in [6.45, 7) is 1.86. The number of nitrogens with zero attached hydrogens (tertiary/aromatic N) is 4. The van der Waals surface area contributed by atoms with Crippen molar-refractivity contribution in [3.63, 3.8) is 0 Å². The average Bonchev–Trinajstić information content (AvgIpc) is 3.16. The summed E-state index contributed by atoms with van der Waals surface area (Å²) in [6.07, 6.45) is 6.57. The van der Waals surface area contributed by atoms with E-state index in [0.29, 0.717) is 28.7 Å². The standard InChI is InChI=1S/C21H17N5O2/c1-15-22-11-12-26(15)21-23-13-16(14-24-21)25-20(27)18-9-5-6-10-19(18)28-17-7-3-2-4-8-17/h2-14H,1H3,(H,25,27). The van der Waals surface area contributed by atoms with E-state index >= 15 is 0 Å². The van der Waals surface area contributed by atoms with Crippen LogP contribution in [0.4, 0.5) is 5.69 Å². The van der Waals surface area contributed by atoms with E-state index in [1.54, 1.807) is 47.6 Å². The Morgan fingerprint density at radius 1 is 0.964 bits per heavy atom. The highest BCUT2D eigenvalue weighted by atomic mass is 16.5. The highest BCUT2D eigenvalue weighted by Crippen LogP contribution is 2.25. The van der Waals surface area contributed by atoms with E-state index < -0.39 is 0 Å². The second-order valence-corrected chi connectivity index (χ2v) is 5.98. The van der Waals surface area contributed by atoms with Crippen LogP contribution in [0.25, 0.3) is 5.95 Å². The molecule has 0 unspecified atom stereocenters. The quantitative estimate of drug-likeness (QED) is 0.573. The molecule has 4 aromatic rings. The maximum atomic E-state index is 12.7. The number of ether oxygens (including phenoxy) is 1. The first kappa shape index (κ1) is 17.4. The maximum Gasteiger partial charge on any atom is 0.259 e. The molecule has 28 heavy (non-hydrogen) atoms. The number of benzene rings is 2. The summed E-state index contributed by atoms with van der Waals surface area (Å²) in [5, 5.41) is 2.80. The molecule has 0 aliphatic heterocycles. The predicted octanol–water partition coefficient (Wildman–Crippen LogP) is 4.02. The van der Waals surface area contributed by atoms with Crippen molar-refractivity contribution in [1.82, 2.24) is 19.5 Å². The van der Waals surface area contributed by atoms with Gasteiger partial charge in [-0.25, -0.2) is 15.0 Å². The fraction of sp³-hybridized carbons (Fsp3) is 0.0476. The molecule has 0 atom stereocenters. The molecule has 0 bridgehead atoms. The molecule has 1 amide bonds. The van der Waals surface area contributed by atoms with Gasteiger partial charge in [0.15, 0.2) is 0 Å². The summed E-state index contributed by atoms with van der Waals surface area (Å²) in [4.78, 5) is 25.4. The SMILES string of the molecule is Cc1nccn1-c1ncc(NC(=O)c2ccccc2Oc2ccccc2)cn1. The van der Waals surface area contributed by atoms with E-state index in [1.165, 1.54) is 0 Å². The number of rotatable bonds is 5. The number of anilines is 1. The molecule has 0 saturated heterocycles. The summed E-state index contributed by atoms with van der Waals surface area (Å²) in [5.74, 6) is 2.09. The number of carbonyl (C=O) groups is 1. The molecular formula is C21H17N5O2. The van der Waals surface area contributed by atoms with Gasteiger partial charge in [-0.2, -0.15) is 0 Å². The van der Waals surface area contributed by atoms with Crippen LogP contribution in [-0.2, 0) is 0 Å². The minimum absolute atomic E-state index is 0.304. The van der Waals surface area contributed by atoms with Crippen LogP contribution in [0, 0.1) is 6.92 Å². The van der Waals surface area contributed by atoms with Crippen LogP contribution in [0.2, 0.25) is 0 Å². The topological polar surface area (TPSA) is 81.9 Å². The minimum Gasteiger partial charge on any atom is -0.457 e. The lowest BCUT2D eigenvalue weighted by atomic mass is 10.2. The number of aromatic nitrogens is 4. The molecule has 2 aromatic heterocycles. The molecule has 2 aromatic carbocycles. The third-order valence-corrected chi connectivity index (χ3v) is 4.04. The zero-order chi connectivity index (χ0) is 19.3. The lowest BCUT2D eigenvalue weighted by Gasteiger charge is -2.11. The van der Waals surface area contributed by atoms with E-state index in [-0.39, 0.29) is 5.91 Å². The van der Waals surface area contributed by atoms with Crippen molar-refractivity contribution in [1.29, 1.82) is 0 Å². The van der Waals surface area contributed by atoms with Gasteiger partial charge < -0.3 is 10.1 Å². The highest BCUT2D eigenvalue weighted by Gasteiger charge is 2.14. The average molecular weight is 371 g/mol. The molecule has 2 heterocycles. The van der Waals surface area contributed by atoms with Gasteiger partial charge in [0.05, 0.1) is 23.6 Å². The third-order valence-electron chi connectivity index (χ3n) is 4.04. The number of hydrogen-bond donors (Lipinski definition) is 1. The zero-order valence-electron chi connectivity index (χ0n) is 15.1. The van der Waals surface area contributed by atoms with E-state index in [0.717, 1.165) is 5.82 Å². The van der Waals surface area contributed by atoms with Gasteiger partial charge in [0, 0.05) is 12.4 Å². The van der Waals surface area contributed by atoms with Crippen molar-refractivity contribution < 1.29 is 9.53 Å². The van der Waals surface area contributed by atoms with E-state index in [2.05, 4.69) is 20.3 Å². The summed E-state index contributed by atoms with van der Waals surface area (Å²) < 4.78 is 7.61. The molecule has 4 rings (SSSR count). The molecule has 0 aliphatic rings. The lowest BCUT2D eigenvalue weighted by molar-refractivity contribution is 0.102. The van der Waals surface area contributed by atoms with Gasteiger partial charge in [0.2, 0.25) is 5.95 Å². The number of aryl methyl sites for hydroxylation is 1. The molecule has 0 fully saturated rings. The Hall–Kier alpha value is -4.00. The molecule has 0 aliphatic carbocycles. The largest absolute Gasteiger partial charge is 0.457 e. The molecule has 0 saturated carbocycles. The van der Waals surface area contributed by atoms with E-state index in [4.69, 9.17) is 4.74 Å². The van der Waals surface area contributed by atoms with Gasteiger partial charge in [-0.15, -0.1) is 0 Å². The second-order valence-electron chi connectivity index (χ2n) is 5.98. The summed E-state index contributed by atoms with van der Waals surface area (Å²) >= 11 is 0. The molecule has 7 heteroatoms. The van der Waals surface area contributed by atoms with E-state index in [1.807, 2.05) is 43.3 Å². The van der Waals surface area contributed by atoms with Gasteiger partial charge in [-0.1, -0.05) is 30.3 Å². The molecule has 0 radical (unpaired) electrons. The van der Waals surface area contributed by atoms with Crippen LogP contribution in [0.3, 0.4) is 0 Å². The monoisotopic (exact) mass is 371 g/mol. The second kappa shape index (κ2) is 7.71. The normalized spacial score (nSPS) is 10.5. The number of amides is 1.